The van der Waals surface area contributed by atoms with Crippen molar-refractivity contribution in [2.45, 2.75) is 26.8 Å². The number of para-hydroxylation sites is 1. The second-order valence-corrected chi connectivity index (χ2v) is 6.90. The molecule has 0 unspecified atom stereocenters. The number of fused-ring (bicyclic) bond motifs is 1. The Morgan fingerprint density at radius 3 is 2.45 bits per heavy atom. The van der Waals surface area contributed by atoms with E-state index in [4.69, 9.17) is 0 Å². The SMILES string of the molecule is CCc1ccccc1NC(=O)CN(C)C(=O)Cn1nc(C)c2ccccc2c1=O. The number of carbonyl (C=O) groups excluding carboxylic acids is 2. The summed E-state index contributed by atoms with van der Waals surface area (Å²) in [7, 11) is 1.53. The van der Waals surface area contributed by atoms with E-state index in [1.54, 1.807) is 19.1 Å². The first-order valence-corrected chi connectivity index (χ1v) is 9.49. The molecule has 1 heterocycles. The molecule has 1 aromatic heterocycles. The van der Waals surface area contributed by atoms with Crippen molar-refractivity contribution in [2.24, 2.45) is 0 Å². The lowest BCUT2D eigenvalue weighted by atomic mass is 10.1. The number of carbonyl (C=O) groups is 2. The van der Waals surface area contributed by atoms with Gasteiger partial charge >= 0.3 is 0 Å². The van der Waals surface area contributed by atoms with Gasteiger partial charge in [-0.15, -0.1) is 0 Å². The highest BCUT2D eigenvalue weighted by molar-refractivity contribution is 5.95. The van der Waals surface area contributed by atoms with Crippen molar-refractivity contribution in [3.63, 3.8) is 0 Å². The van der Waals surface area contributed by atoms with E-state index in [9.17, 15) is 14.4 Å². The zero-order valence-electron chi connectivity index (χ0n) is 16.8. The number of nitrogens with zero attached hydrogens (tertiary/aromatic N) is 3. The van der Waals surface area contributed by atoms with Gasteiger partial charge in [-0.3, -0.25) is 14.4 Å². The summed E-state index contributed by atoms with van der Waals surface area (Å²) >= 11 is 0. The molecule has 2 aromatic carbocycles. The molecule has 0 fully saturated rings. The minimum atomic E-state index is -0.367. The monoisotopic (exact) mass is 392 g/mol. The highest BCUT2D eigenvalue weighted by Gasteiger charge is 2.17. The molecule has 7 heteroatoms. The van der Waals surface area contributed by atoms with Gasteiger partial charge in [0.1, 0.15) is 6.54 Å². The van der Waals surface area contributed by atoms with Gasteiger partial charge < -0.3 is 10.2 Å². The maximum atomic E-state index is 12.6. The summed E-state index contributed by atoms with van der Waals surface area (Å²) in [4.78, 5) is 38.8. The highest BCUT2D eigenvalue weighted by atomic mass is 16.2. The predicted molar refractivity (Wildman–Crippen MR) is 113 cm³/mol. The van der Waals surface area contributed by atoms with Crippen LogP contribution in [0.5, 0.6) is 0 Å². The standard InChI is InChI=1S/C22H24N4O3/c1-4-16-9-5-8-12-19(16)23-20(27)13-25(3)21(28)14-26-22(29)18-11-7-6-10-17(18)15(2)24-26/h5-12H,4,13-14H2,1-3H3,(H,23,27). The maximum absolute atomic E-state index is 12.6. The van der Waals surface area contributed by atoms with Crippen LogP contribution in [0.4, 0.5) is 5.69 Å². The van der Waals surface area contributed by atoms with Crippen LogP contribution in [0.1, 0.15) is 18.2 Å². The zero-order valence-corrected chi connectivity index (χ0v) is 16.8. The number of anilines is 1. The molecule has 3 aromatic rings. The van der Waals surface area contributed by atoms with E-state index in [2.05, 4.69) is 10.4 Å². The first-order valence-electron chi connectivity index (χ1n) is 9.49. The van der Waals surface area contributed by atoms with Gasteiger partial charge in [0.2, 0.25) is 11.8 Å². The lowest BCUT2D eigenvalue weighted by Gasteiger charge is -2.18. The van der Waals surface area contributed by atoms with Crippen LogP contribution in [0.3, 0.4) is 0 Å². The molecule has 0 atom stereocenters. The van der Waals surface area contributed by atoms with Crippen LogP contribution in [-0.4, -0.2) is 40.1 Å². The second kappa shape index (κ2) is 8.68. The molecule has 0 spiro atoms. The van der Waals surface area contributed by atoms with E-state index in [-0.39, 0.29) is 30.5 Å². The smallest absolute Gasteiger partial charge is 0.275 e. The summed E-state index contributed by atoms with van der Waals surface area (Å²) in [6.45, 7) is 3.47. The molecule has 0 bridgehead atoms. The summed E-state index contributed by atoms with van der Waals surface area (Å²) in [5.74, 6) is -0.662. The average molecular weight is 392 g/mol. The summed E-state index contributed by atoms with van der Waals surface area (Å²) in [5, 5.41) is 8.37. The zero-order chi connectivity index (χ0) is 21.0. The molecule has 0 saturated heterocycles. The van der Waals surface area contributed by atoms with E-state index >= 15 is 0 Å². The fraction of sp³-hybridized carbons (Fsp3) is 0.273. The van der Waals surface area contributed by atoms with Gasteiger partial charge in [0.05, 0.1) is 17.6 Å². The maximum Gasteiger partial charge on any atom is 0.275 e. The first kappa shape index (κ1) is 20.3. The Labute approximate surface area is 169 Å². The number of aromatic nitrogens is 2. The van der Waals surface area contributed by atoms with Crippen LogP contribution in [0.2, 0.25) is 0 Å². The lowest BCUT2D eigenvalue weighted by Crippen LogP contribution is -2.39. The minimum absolute atomic E-state index is 0.113. The molecule has 150 valence electrons. The number of hydrogen-bond acceptors (Lipinski definition) is 4. The number of benzene rings is 2. The minimum Gasteiger partial charge on any atom is -0.335 e. The topological polar surface area (TPSA) is 84.3 Å². The van der Waals surface area contributed by atoms with Gasteiger partial charge in [-0.05, 0) is 31.0 Å². The van der Waals surface area contributed by atoms with E-state index in [1.165, 1.54) is 11.9 Å². The Morgan fingerprint density at radius 1 is 1.07 bits per heavy atom. The number of aryl methyl sites for hydroxylation is 2. The molecule has 7 nitrogen and oxygen atoms in total. The molecular weight excluding hydrogens is 368 g/mol. The fourth-order valence-electron chi connectivity index (χ4n) is 3.20. The Balaban J connectivity index is 1.69. The van der Waals surface area contributed by atoms with Gasteiger partial charge in [0.15, 0.2) is 0 Å². The summed E-state index contributed by atoms with van der Waals surface area (Å²) in [6.07, 6.45) is 0.793. The molecule has 29 heavy (non-hydrogen) atoms. The van der Waals surface area contributed by atoms with Gasteiger partial charge in [0, 0.05) is 18.1 Å². The first-order chi connectivity index (χ1) is 13.9. The second-order valence-electron chi connectivity index (χ2n) is 6.90. The molecule has 2 amide bonds. The van der Waals surface area contributed by atoms with E-state index in [0.29, 0.717) is 11.1 Å². The summed E-state index contributed by atoms with van der Waals surface area (Å²) < 4.78 is 1.15. The molecule has 3 rings (SSSR count). The van der Waals surface area contributed by atoms with Crippen molar-refractivity contribution in [1.29, 1.82) is 0 Å². The molecular formula is C22H24N4O3. The molecule has 0 aliphatic rings. The Bertz CT molecular complexity index is 1120. The van der Waals surface area contributed by atoms with Crippen molar-refractivity contribution < 1.29 is 9.59 Å². The Morgan fingerprint density at radius 2 is 1.72 bits per heavy atom. The highest BCUT2D eigenvalue weighted by Crippen LogP contribution is 2.15. The molecule has 0 saturated carbocycles. The third-order valence-corrected chi connectivity index (χ3v) is 4.82. The van der Waals surface area contributed by atoms with Crippen LogP contribution >= 0.6 is 0 Å². The van der Waals surface area contributed by atoms with E-state index in [0.717, 1.165) is 27.7 Å². The van der Waals surface area contributed by atoms with Crippen LogP contribution in [0.25, 0.3) is 10.8 Å². The summed E-state index contributed by atoms with van der Waals surface area (Å²) in [5.41, 5.74) is 2.11. The lowest BCUT2D eigenvalue weighted by molar-refractivity contribution is -0.134. The van der Waals surface area contributed by atoms with Gasteiger partial charge in [-0.25, -0.2) is 4.68 Å². The van der Waals surface area contributed by atoms with Crippen molar-refractivity contribution >= 4 is 28.3 Å². The Kier molecular flexibility index (Phi) is 6.07. The fourth-order valence-corrected chi connectivity index (χ4v) is 3.20. The van der Waals surface area contributed by atoms with Crippen molar-refractivity contribution in [3.05, 3.63) is 70.1 Å². The Hall–Kier alpha value is -3.48. The summed E-state index contributed by atoms with van der Waals surface area (Å²) in [6, 6.07) is 14.7. The molecule has 0 aliphatic heterocycles. The van der Waals surface area contributed by atoms with Crippen LogP contribution in [0, 0.1) is 6.92 Å². The van der Waals surface area contributed by atoms with Gasteiger partial charge in [0.25, 0.3) is 5.56 Å². The number of rotatable bonds is 6. The van der Waals surface area contributed by atoms with Crippen LogP contribution in [-0.2, 0) is 22.6 Å². The molecule has 0 radical (unpaired) electrons. The van der Waals surface area contributed by atoms with Crippen LogP contribution in [0.15, 0.2) is 53.3 Å². The number of hydrogen-bond donors (Lipinski definition) is 1. The van der Waals surface area contributed by atoms with E-state index < -0.39 is 0 Å². The molecule has 1 N–H and O–H groups in total. The average Bonchev–Trinajstić information content (AvgIpc) is 2.72. The number of likely N-dealkylation sites (N-methyl/N-ethyl adjacent to an activating group) is 1. The number of amides is 2. The van der Waals surface area contributed by atoms with Crippen LogP contribution < -0.4 is 10.9 Å². The van der Waals surface area contributed by atoms with Gasteiger partial charge in [-0.1, -0.05) is 43.3 Å². The van der Waals surface area contributed by atoms with Crippen molar-refractivity contribution in [2.75, 3.05) is 18.9 Å². The van der Waals surface area contributed by atoms with E-state index in [1.807, 2.05) is 43.3 Å². The van der Waals surface area contributed by atoms with Crippen molar-refractivity contribution in [1.82, 2.24) is 14.7 Å². The largest absolute Gasteiger partial charge is 0.335 e. The third-order valence-electron chi connectivity index (χ3n) is 4.82. The quantitative estimate of drug-likeness (QED) is 0.698. The molecule has 0 aliphatic carbocycles. The normalized spacial score (nSPS) is 10.7. The third kappa shape index (κ3) is 4.51. The predicted octanol–water partition coefficient (Wildman–Crippen LogP) is 2.36. The number of nitrogens with one attached hydrogen (secondary N) is 1. The van der Waals surface area contributed by atoms with Gasteiger partial charge in [-0.2, -0.15) is 5.10 Å². The van der Waals surface area contributed by atoms with Crippen molar-refractivity contribution in [3.8, 4) is 0 Å².